The highest BCUT2D eigenvalue weighted by Gasteiger charge is 2.26. The van der Waals surface area contributed by atoms with Gasteiger partial charge in [-0.3, -0.25) is 4.79 Å². The number of carbonyl (C=O) groups is 1. The van der Waals surface area contributed by atoms with Crippen LogP contribution in [0.15, 0.2) is 30.3 Å². The molecule has 3 nitrogen and oxygen atoms in total. The summed E-state index contributed by atoms with van der Waals surface area (Å²) in [5.74, 6) is 0.314. The predicted molar refractivity (Wildman–Crippen MR) is 87.0 cm³/mol. The summed E-state index contributed by atoms with van der Waals surface area (Å²) in [7, 11) is 0. The highest BCUT2D eigenvalue weighted by molar-refractivity contribution is 5.76. The highest BCUT2D eigenvalue weighted by atomic mass is 16.2. The molecule has 0 bridgehead atoms. The van der Waals surface area contributed by atoms with Crippen molar-refractivity contribution < 1.29 is 4.79 Å². The van der Waals surface area contributed by atoms with Crippen LogP contribution >= 0.6 is 0 Å². The zero-order valence-electron chi connectivity index (χ0n) is 13.1. The zero-order valence-corrected chi connectivity index (χ0v) is 13.1. The molecule has 1 amide bonds. The van der Waals surface area contributed by atoms with Crippen LogP contribution in [-0.4, -0.2) is 29.4 Å². The third kappa shape index (κ3) is 4.85. The summed E-state index contributed by atoms with van der Waals surface area (Å²) in [4.78, 5) is 14.5. The zero-order chi connectivity index (χ0) is 15.1. The molecule has 1 aliphatic carbocycles. The Kier molecular flexibility index (Phi) is 6.24. The average molecular weight is 288 g/mol. The minimum Gasteiger partial charge on any atom is -0.340 e. The Bertz CT molecular complexity index is 424. The number of hydrogen-bond acceptors (Lipinski definition) is 2. The van der Waals surface area contributed by atoms with Gasteiger partial charge in [-0.2, -0.15) is 0 Å². The summed E-state index contributed by atoms with van der Waals surface area (Å²) in [5.41, 5.74) is 7.27. The van der Waals surface area contributed by atoms with Gasteiger partial charge in [0.05, 0.1) is 0 Å². The van der Waals surface area contributed by atoms with Crippen LogP contribution in [0.1, 0.15) is 51.0 Å². The van der Waals surface area contributed by atoms with Crippen LogP contribution in [0.4, 0.5) is 0 Å². The van der Waals surface area contributed by atoms with Crippen LogP contribution < -0.4 is 5.73 Å². The minimum atomic E-state index is 0.314. The first-order chi connectivity index (χ1) is 10.2. The second-order valence-electron chi connectivity index (χ2n) is 6.09. The SMILES string of the molecule is CCN(C(=O)CCCc1ccccc1)C1CCC(N)CC1. The molecule has 1 aliphatic rings. The van der Waals surface area contributed by atoms with Gasteiger partial charge in [0, 0.05) is 25.0 Å². The second-order valence-corrected chi connectivity index (χ2v) is 6.09. The molecule has 1 fully saturated rings. The van der Waals surface area contributed by atoms with Gasteiger partial charge in [0.25, 0.3) is 0 Å². The lowest BCUT2D eigenvalue weighted by Crippen LogP contribution is -2.44. The molecule has 116 valence electrons. The molecule has 0 aromatic heterocycles. The van der Waals surface area contributed by atoms with Crippen LogP contribution in [0, 0.1) is 0 Å². The molecule has 3 heteroatoms. The van der Waals surface area contributed by atoms with Gasteiger partial charge in [0.1, 0.15) is 0 Å². The molecule has 21 heavy (non-hydrogen) atoms. The number of rotatable bonds is 6. The second kappa shape index (κ2) is 8.18. The van der Waals surface area contributed by atoms with Crippen molar-refractivity contribution in [1.29, 1.82) is 0 Å². The Morgan fingerprint density at radius 2 is 1.86 bits per heavy atom. The minimum absolute atomic E-state index is 0.314. The molecule has 1 saturated carbocycles. The summed E-state index contributed by atoms with van der Waals surface area (Å²) in [6, 6.07) is 11.2. The standard InChI is InChI=1S/C18H28N2O/c1-2-20(17-13-11-16(19)12-14-17)18(21)10-6-9-15-7-4-3-5-8-15/h3-5,7-8,16-17H,2,6,9-14,19H2,1H3. The van der Waals surface area contributed by atoms with E-state index in [2.05, 4.69) is 36.1 Å². The molecule has 0 heterocycles. The molecule has 2 N–H and O–H groups in total. The maximum Gasteiger partial charge on any atom is 0.222 e. The van der Waals surface area contributed by atoms with Crippen molar-refractivity contribution >= 4 is 5.91 Å². The van der Waals surface area contributed by atoms with E-state index >= 15 is 0 Å². The van der Waals surface area contributed by atoms with Gasteiger partial charge in [0.2, 0.25) is 5.91 Å². The Hall–Kier alpha value is -1.35. The van der Waals surface area contributed by atoms with Crippen LogP contribution in [0.2, 0.25) is 0 Å². The first-order valence-corrected chi connectivity index (χ1v) is 8.29. The number of hydrogen-bond donors (Lipinski definition) is 1. The molecule has 0 unspecified atom stereocenters. The lowest BCUT2D eigenvalue weighted by molar-refractivity contribution is -0.134. The van der Waals surface area contributed by atoms with E-state index in [1.165, 1.54) is 5.56 Å². The average Bonchev–Trinajstić information content (AvgIpc) is 2.51. The summed E-state index contributed by atoms with van der Waals surface area (Å²) < 4.78 is 0. The van der Waals surface area contributed by atoms with Crippen LogP contribution in [-0.2, 0) is 11.2 Å². The summed E-state index contributed by atoms with van der Waals surface area (Å²) in [6.07, 6.45) is 6.83. The fourth-order valence-corrected chi connectivity index (χ4v) is 3.28. The van der Waals surface area contributed by atoms with Crippen molar-refractivity contribution in [3.63, 3.8) is 0 Å². The van der Waals surface area contributed by atoms with Crippen molar-refractivity contribution in [2.24, 2.45) is 5.73 Å². The van der Waals surface area contributed by atoms with Crippen molar-refractivity contribution in [1.82, 2.24) is 4.90 Å². The number of aryl methyl sites for hydroxylation is 1. The van der Waals surface area contributed by atoms with Gasteiger partial charge in [-0.1, -0.05) is 30.3 Å². The van der Waals surface area contributed by atoms with Crippen LogP contribution in [0.25, 0.3) is 0 Å². The van der Waals surface area contributed by atoms with Gasteiger partial charge in [-0.05, 0) is 51.0 Å². The lowest BCUT2D eigenvalue weighted by atomic mass is 9.90. The number of carbonyl (C=O) groups excluding carboxylic acids is 1. The van der Waals surface area contributed by atoms with E-state index in [1.54, 1.807) is 0 Å². The normalized spacial score (nSPS) is 22.0. The van der Waals surface area contributed by atoms with E-state index in [0.717, 1.165) is 45.1 Å². The van der Waals surface area contributed by atoms with Crippen molar-refractivity contribution in [2.75, 3.05) is 6.54 Å². The first kappa shape index (κ1) is 16.0. The molecule has 1 aromatic rings. The maximum absolute atomic E-state index is 12.4. The van der Waals surface area contributed by atoms with E-state index in [4.69, 9.17) is 5.73 Å². The monoisotopic (exact) mass is 288 g/mol. The van der Waals surface area contributed by atoms with Gasteiger partial charge < -0.3 is 10.6 Å². The number of amides is 1. The third-order valence-electron chi connectivity index (χ3n) is 4.54. The summed E-state index contributed by atoms with van der Waals surface area (Å²) in [5, 5.41) is 0. The van der Waals surface area contributed by atoms with Crippen molar-refractivity contribution in [2.45, 2.75) is 64.0 Å². The quantitative estimate of drug-likeness (QED) is 0.874. The summed E-state index contributed by atoms with van der Waals surface area (Å²) >= 11 is 0. The fraction of sp³-hybridized carbons (Fsp3) is 0.611. The van der Waals surface area contributed by atoms with E-state index in [1.807, 2.05) is 6.07 Å². The van der Waals surface area contributed by atoms with Gasteiger partial charge in [0.15, 0.2) is 0 Å². The fourth-order valence-electron chi connectivity index (χ4n) is 3.28. The Balaban J connectivity index is 1.77. The molecule has 0 saturated heterocycles. The smallest absolute Gasteiger partial charge is 0.222 e. The Labute approximate surface area is 128 Å². The van der Waals surface area contributed by atoms with Gasteiger partial charge >= 0.3 is 0 Å². The molecule has 2 rings (SSSR count). The molecule has 0 aliphatic heterocycles. The lowest BCUT2D eigenvalue weighted by Gasteiger charge is -2.35. The maximum atomic E-state index is 12.4. The Morgan fingerprint density at radius 3 is 2.48 bits per heavy atom. The first-order valence-electron chi connectivity index (χ1n) is 8.29. The predicted octanol–water partition coefficient (Wildman–Crippen LogP) is 3.13. The van der Waals surface area contributed by atoms with E-state index < -0.39 is 0 Å². The van der Waals surface area contributed by atoms with Crippen LogP contribution in [0.3, 0.4) is 0 Å². The number of nitrogens with zero attached hydrogens (tertiary/aromatic N) is 1. The molecule has 0 radical (unpaired) electrons. The van der Waals surface area contributed by atoms with Gasteiger partial charge in [-0.25, -0.2) is 0 Å². The summed E-state index contributed by atoms with van der Waals surface area (Å²) in [6.45, 7) is 2.91. The van der Waals surface area contributed by atoms with Crippen LogP contribution in [0.5, 0.6) is 0 Å². The number of benzene rings is 1. The molecule has 0 atom stereocenters. The Morgan fingerprint density at radius 1 is 1.19 bits per heavy atom. The highest BCUT2D eigenvalue weighted by Crippen LogP contribution is 2.23. The van der Waals surface area contributed by atoms with Gasteiger partial charge in [-0.15, -0.1) is 0 Å². The van der Waals surface area contributed by atoms with E-state index in [9.17, 15) is 4.79 Å². The molecule has 0 spiro atoms. The van der Waals surface area contributed by atoms with E-state index in [-0.39, 0.29) is 0 Å². The van der Waals surface area contributed by atoms with Crippen molar-refractivity contribution in [3.05, 3.63) is 35.9 Å². The number of nitrogens with two attached hydrogens (primary N) is 1. The van der Waals surface area contributed by atoms with Crippen molar-refractivity contribution in [3.8, 4) is 0 Å². The largest absolute Gasteiger partial charge is 0.340 e. The molecular formula is C18H28N2O. The molecular weight excluding hydrogens is 260 g/mol. The van der Waals surface area contributed by atoms with E-state index in [0.29, 0.717) is 24.4 Å². The molecule has 1 aromatic carbocycles. The topological polar surface area (TPSA) is 46.3 Å². The third-order valence-corrected chi connectivity index (χ3v) is 4.54.